The molecule has 11 rings (SSSR count). The first-order valence-corrected chi connectivity index (χ1v) is 19.5. The second-order valence-corrected chi connectivity index (χ2v) is 15.5. The number of thiophene rings is 1. The molecule has 2 nitrogen and oxygen atoms in total. The summed E-state index contributed by atoms with van der Waals surface area (Å²) in [6.07, 6.45) is 0. The van der Waals surface area contributed by atoms with E-state index in [9.17, 15) is 0 Å². The Morgan fingerprint density at radius 2 is 0.962 bits per heavy atom. The fourth-order valence-corrected chi connectivity index (χ4v) is 10.4. The van der Waals surface area contributed by atoms with Gasteiger partial charge in [0.25, 0.3) is 0 Å². The lowest BCUT2D eigenvalue weighted by Crippen LogP contribution is -2.09. The van der Waals surface area contributed by atoms with Crippen molar-refractivity contribution >= 4 is 70.7 Å². The molecule has 0 bridgehead atoms. The molecule has 2 heterocycles. The second kappa shape index (κ2) is 12.1. The third kappa shape index (κ3) is 4.87. The Bertz CT molecular complexity index is 2950. The van der Waals surface area contributed by atoms with E-state index < -0.39 is 0 Å². The third-order valence-electron chi connectivity index (χ3n) is 10.5. The molecule has 53 heavy (non-hydrogen) atoms. The normalized spacial score (nSPS) is 11.8. The van der Waals surface area contributed by atoms with E-state index in [1.165, 1.54) is 74.8 Å². The monoisotopic (exact) mass is 710 g/mol. The van der Waals surface area contributed by atoms with Crippen LogP contribution in [0.5, 0.6) is 0 Å². The number of para-hydroxylation sites is 1. The van der Waals surface area contributed by atoms with Crippen LogP contribution in [0.3, 0.4) is 0 Å². The molecule has 0 saturated heterocycles. The van der Waals surface area contributed by atoms with Crippen molar-refractivity contribution in [2.24, 2.45) is 0 Å². The number of anilines is 3. The van der Waals surface area contributed by atoms with Crippen molar-refractivity contribution < 1.29 is 0 Å². The largest absolute Gasteiger partial charge is 0.311 e. The zero-order chi connectivity index (χ0) is 34.9. The van der Waals surface area contributed by atoms with Gasteiger partial charge in [-0.3, -0.25) is 0 Å². The molecule has 0 spiro atoms. The average molecular weight is 711 g/mol. The Morgan fingerprint density at radius 3 is 1.72 bits per heavy atom. The number of rotatable bonds is 6. The van der Waals surface area contributed by atoms with E-state index >= 15 is 0 Å². The van der Waals surface area contributed by atoms with E-state index in [-0.39, 0.29) is 0 Å². The fourth-order valence-electron chi connectivity index (χ4n) is 8.01. The summed E-state index contributed by atoms with van der Waals surface area (Å²) < 4.78 is 2.66. The molecule has 0 unspecified atom stereocenters. The highest BCUT2D eigenvalue weighted by molar-refractivity contribution is 7.26. The van der Waals surface area contributed by atoms with Gasteiger partial charge in [0.2, 0.25) is 0 Å². The van der Waals surface area contributed by atoms with Gasteiger partial charge in [-0.1, -0.05) is 140 Å². The second-order valence-electron chi connectivity index (χ2n) is 13.5. The van der Waals surface area contributed by atoms with Crippen LogP contribution in [0.4, 0.5) is 17.1 Å². The highest BCUT2D eigenvalue weighted by Gasteiger charge is 2.27. The van der Waals surface area contributed by atoms with Gasteiger partial charge in [0.1, 0.15) is 5.01 Å². The Hall–Kier alpha value is -6.33. The first-order valence-electron chi connectivity index (χ1n) is 17.9. The summed E-state index contributed by atoms with van der Waals surface area (Å²) >= 11 is 3.67. The SMILES string of the molecule is c1ccc(-c2nc3c(s2)-c2cccc4c(-c5ccc(N(c6ccccc6)c6ccc(-c7cccc8c7sc7ccccc78)cc6)cc5)ccc-3c24)cc1. The van der Waals surface area contributed by atoms with Gasteiger partial charge in [-0.2, -0.15) is 0 Å². The lowest BCUT2D eigenvalue weighted by Gasteiger charge is -2.26. The number of aromatic nitrogens is 1. The standard InChI is InChI=1S/C49H30N2S2/c1-3-11-33(12-4-1)49-50-46-42-30-29-37(40-17-10-19-43(45(40)42)48(46)53-49)31-21-25-35(26-22-31)51(34-13-5-2-6-14-34)36-27-23-32(24-28-36)38-16-9-18-41-39-15-7-8-20-44(39)52-47(38)41/h1-30H. The Morgan fingerprint density at radius 1 is 0.377 bits per heavy atom. The van der Waals surface area contributed by atoms with Crippen molar-refractivity contribution in [1.29, 1.82) is 0 Å². The van der Waals surface area contributed by atoms with Crippen molar-refractivity contribution in [1.82, 2.24) is 4.98 Å². The van der Waals surface area contributed by atoms with Gasteiger partial charge in [-0.05, 0) is 70.1 Å². The quantitative estimate of drug-likeness (QED) is 0.171. The van der Waals surface area contributed by atoms with Crippen LogP contribution in [0.1, 0.15) is 0 Å². The molecule has 0 saturated carbocycles. The molecule has 2 aromatic heterocycles. The van der Waals surface area contributed by atoms with Gasteiger partial charge in [0, 0.05) is 59.3 Å². The van der Waals surface area contributed by atoms with Crippen molar-refractivity contribution in [2.45, 2.75) is 0 Å². The van der Waals surface area contributed by atoms with E-state index in [0.29, 0.717) is 0 Å². The van der Waals surface area contributed by atoms with Gasteiger partial charge >= 0.3 is 0 Å². The lowest BCUT2D eigenvalue weighted by atomic mass is 9.94. The summed E-state index contributed by atoms with van der Waals surface area (Å²) in [4.78, 5) is 8.76. The topological polar surface area (TPSA) is 16.1 Å². The summed E-state index contributed by atoms with van der Waals surface area (Å²) in [5.74, 6) is 0. The Balaban J connectivity index is 0.953. The van der Waals surface area contributed by atoms with Crippen LogP contribution in [-0.4, -0.2) is 4.98 Å². The average Bonchev–Trinajstić information content (AvgIpc) is 3.92. The predicted molar refractivity (Wildman–Crippen MR) is 228 cm³/mol. The van der Waals surface area contributed by atoms with Crippen LogP contribution in [0.25, 0.3) is 85.5 Å². The van der Waals surface area contributed by atoms with Crippen LogP contribution in [0.2, 0.25) is 0 Å². The van der Waals surface area contributed by atoms with Gasteiger partial charge in [-0.25, -0.2) is 4.98 Å². The number of fused-ring (bicyclic) bond motifs is 6. The Labute approximate surface area is 315 Å². The van der Waals surface area contributed by atoms with Gasteiger partial charge in [-0.15, -0.1) is 22.7 Å². The van der Waals surface area contributed by atoms with Gasteiger partial charge in [0.05, 0.1) is 10.6 Å². The minimum atomic E-state index is 1.07. The van der Waals surface area contributed by atoms with Crippen molar-refractivity contribution in [3.63, 3.8) is 0 Å². The van der Waals surface area contributed by atoms with Crippen molar-refractivity contribution in [3.8, 4) is 54.5 Å². The van der Waals surface area contributed by atoms with Crippen LogP contribution in [0, 0.1) is 0 Å². The van der Waals surface area contributed by atoms with Crippen LogP contribution >= 0.6 is 22.7 Å². The van der Waals surface area contributed by atoms with Crippen LogP contribution in [0.15, 0.2) is 182 Å². The molecular formula is C49H30N2S2. The molecule has 0 radical (unpaired) electrons. The number of nitrogens with zero attached hydrogens (tertiary/aromatic N) is 2. The fraction of sp³-hybridized carbons (Fsp3) is 0. The molecule has 1 aliphatic carbocycles. The molecule has 1 aliphatic rings. The van der Waals surface area contributed by atoms with E-state index in [0.717, 1.165) is 27.8 Å². The van der Waals surface area contributed by atoms with E-state index in [4.69, 9.17) is 4.98 Å². The summed E-state index contributed by atoms with van der Waals surface area (Å²) in [5, 5.41) is 6.29. The number of hydrogen-bond acceptors (Lipinski definition) is 4. The van der Waals surface area contributed by atoms with E-state index in [2.05, 4.69) is 187 Å². The molecule has 0 N–H and O–H groups in total. The number of thiazole rings is 1. The maximum atomic E-state index is 5.15. The van der Waals surface area contributed by atoms with Crippen LogP contribution < -0.4 is 4.90 Å². The van der Waals surface area contributed by atoms with E-state index in [1.807, 2.05) is 11.3 Å². The molecule has 0 fully saturated rings. The predicted octanol–water partition coefficient (Wildman–Crippen LogP) is 14.8. The zero-order valence-electron chi connectivity index (χ0n) is 28.5. The molecule has 0 atom stereocenters. The summed E-state index contributed by atoms with van der Waals surface area (Å²) in [5.41, 5.74) is 13.1. The first-order chi connectivity index (χ1) is 26.3. The molecule has 4 heteroatoms. The van der Waals surface area contributed by atoms with Gasteiger partial charge in [0.15, 0.2) is 0 Å². The summed E-state index contributed by atoms with van der Waals surface area (Å²) in [6.45, 7) is 0. The molecule has 0 amide bonds. The highest BCUT2D eigenvalue weighted by atomic mass is 32.1. The third-order valence-corrected chi connectivity index (χ3v) is 12.8. The first kappa shape index (κ1) is 30.3. The maximum absolute atomic E-state index is 5.15. The maximum Gasteiger partial charge on any atom is 0.124 e. The summed E-state index contributed by atoms with van der Waals surface area (Å²) in [6, 6.07) is 65.9. The molecule has 8 aromatic carbocycles. The number of hydrogen-bond donors (Lipinski definition) is 0. The molecular weight excluding hydrogens is 681 g/mol. The highest BCUT2D eigenvalue weighted by Crippen LogP contribution is 2.53. The smallest absolute Gasteiger partial charge is 0.124 e. The minimum absolute atomic E-state index is 1.07. The van der Waals surface area contributed by atoms with Crippen LogP contribution in [-0.2, 0) is 0 Å². The minimum Gasteiger partial charge on any atom is -0.311 e. The van der Waals surface area contributed by atoms with Crippen molar-refractivity contribution in [3.05, 3.63) is 182 Å². The Kier molecular flexibility index (Phi) is 6.94. The summed E-state index contributed by atoms with van der Waals surface area (Å²) in [7, 11) is 0. The molecule has 0 aliphatic heterocycles. The zero-order valence-corrected chi connectivity index (χ0v) is 30.2. The lowest BCUT2D eigenvalue weighted by molar-refractivity contribution is 1.28. The van der Waals surface area contributed by atoms with Gasteiger partial charge < -0.3 is 4.90 Å². The molecule has 10 aromatic rings. The molecule has 248 valence electrons. The van der Waals surface area contributed by atoms with Crippen molar-refractivity contribution in [2.75, 3.05) is 4.90 Å². The van der Waals surface area contributed by atoms with E-state index in [1.54, 1.807) is 11.3 Å². The number of benzene rings is 8.